The predicted octanol–water partition coefficient (Wildman–Crippen LogP) is 4.04. The van der Waals surface area contributed by atoms with Crippen LogP contribution in [0.1, 0.15) is 12.8 Å². The lowest BCUT2D eigenvalue weighted by molar-refractivity contribution is 0.0342. The molecule has 20 heavy (non-hydrogen) atoms. The second-order valence-corrected chi connectivity index (χ2v) is 5.71. The number of hydrogen-bond donors (Lipinski definition) is 0. The fraction of sp³-hybridized carbons (Fsp3) is 0.294. The SMILES string of the molecule is [O-]N(OC1CC2C=CC1C2)c1ccc2ccccc2c1. The third kappa shape index (κ3) is 1.99. The smallest absolute Gasteiger partial charge is 0.0914 e. The van der Waals surface area contributed by atoms with Gasteiger partial charge in [0.15, 0.2) is 0 Å². The number of rotatable bonds is 3. The second-order valence-electron chi connectivity index (χ2n) is 5.71. The van der Waals surface area contributed by atoms with Crippen LogP contribution >= 0.6 is 0 Å². The van der Waals surface area contributed by atoms with Crippen molar-refractivity contribution in [1.82, 2.24) is 0 Å². The maximum Gasteiger partial charge on any atom is 0.0914 e. The van der Waals surface area contributed by atoms with E-state index < -0.39 is 0 Å². The van der Waals surface area contributed by atoms with Crippen molar-refractivity contribution in [1.29, 1.82) is 0 Å². The van der Waals surface area contributed by atoms with Crippen LogP contribution in [0.2, 0.25) is 0 Å². The quantitative estimate of drug-likeness (QED) is 0.621. The van der Waals surface area contributed by atoms with Gasteiger partial charge in [0.2, 0.25) is 0 Å². The van der Waals surface area contributed by atoms with E-state index in [9.17, 15) is 5.21 Å². The summed E-state index contributed by atoms with van der Waals surface area (Å²) < 4.78 is 0. The highest BCUT2D eigenvalue weighted by Gasteiger charge is 2.37. The first-order valence-electron chi connectivity index (χ1n) is 7.11. The number of nitrogens with zero attached hydrogens (tertiary/aromatic N) is 1. The fourth-order valence-corrected chi connectivity index (χ4v) is 3.33. The van der Waals surface area contributed by atoms with Crippen molar-refractivity contribution in [3.63, 3.8) is 0 Å². The molecule has 2 aliphatic rings. The van der Waals surface area contributed by atoms with Crippen LogP contribution in [0.4, 0.5) is 5.69 Å². The van der Waals surface area contributed by atoms with Gasteiger partial charge in [-0.05, 0) is 41.7 Å². The number of fused-ring (bicyclic) bond motifs is 3. The Morgan fingerprint density at radius 3 is 2.60 bits per heavy atom. The lowest BCUT2D eigenvalue weighted by atomic mass is 10.1. The Balaban J connectivity index is 1.54. The maximum absolute atomic E-state index is 12.2. The molecule has 0 N–H and O–H groups in total. The van der Waals surface area contributed by atoms with E-state index in [1.54, 1.807) is 0 Å². The summed E-state index contributed by atoms with van der Waals surface area (Å²) in [7, 11) is 0. The average molecular weight is 266 g/mol. The van der Waals surface area contributed by atoms with Crippen molar-refractivity contribution in [2.24, 2.45) is 11.8 Å². The molecule has 0 aromatic heterocycles. The summed E-state index contributed by atoms with van der Waals surface area (Å²) in [6.45, 7) is 0. The van der Waals surface area contributed by atoms with E-state index in [2.05, 4.69) is 12.2 Å². The predicted molar refractivity (Wildman–Crippen MR) is 80.0 cm³/mol. The molecule has 2 bridgehead atoms. The lowest BCUT2D eigenvalue weighted by Gasteiger charge is -2.34. The van der Waals surface area contributed by atoms with Crippen LogP contribution < -0.4 is 5.23 Å². The van der Waals surface area contributed by atoms with Crippen LogP contribution in [0.15, 0.2) is 54.6 Å². The molecule has 0 saturated heterocycles. The molecule has 2 aromatic rings. The first-order chi connectivity index (χ1) is 9.79. The summed E-state index contributed by atoms with van der Waals surface area (Å²) in [4.78, 5) is 5.61. The minimum atomic E-state index is 0.0361. The van der Waals surface area contributed by atoms with Crippen LogP contribution in [-0.2, 0) is 4.84 Å². The average Bonchev–Trinajstić information content (AvgIpc) is 3.09. The van der Waals surface area contributed by atoms with E-state index >= 15 is 0 Å². The Kier molecular flexibility index (Phi) is 2.76. The number of anilines is 1. The van der Waals surface area contributed by atoms with E-state index in [1.165, 1.54) is 0 Å². The zero-order chi connectivity index (χ0) is 13.5. The van der Waals surface area contributed by atoms with E-state index in [0.29, 0.717) is 22.7 Å². The van der Waals surface area contributed by atoms with Crippen molar-refractivity contribution >= 4 is 16.5 Å². The summed E-state index contributed by atoms with van der Waals surface area (Å²) in [6, 6.07) is 13.7. The molecule has 0 aliphatic heterocycles. The van der Waals surface area contributed by atoms with Gasteiger partial charge in [-0.1, -0.05) is 42.5 Å². The van der Waals surface area contributed by atoms with Crippen LogP contribution in [0.5, 0.6) is 0 Å². The summed E-state index contributed by atoms with van der Waals surface area (Å²) in [5.41, 5.74) is 0.565. The molecule has 4 rings (SSSR count). The van der Waals surface area contributed by atoms with Gasteiger partial charge in [-0.15, -0.1) is 0 Å². The van der Waals surface area contributed by atoms with Crippen molar-refractivity contribution in [2.75, 3.05) is 5.23 Å². The molecule has 102 valence electrons. The molecule has 0 radical (unpaired) electrons. The molecule has 1 fully saturated rings. The van der Waals surface area contributed by atoms with Gasteiger partial charge in [0.05, 0.1) is 11.8 Å². The highest BCUT2D eigenvalue weighted by atomic mass is 16.9. The Morgan fingerprint density at radius 2 is 1.85 bits per heavy atom. The Bertz CT molecular complexity index is 667. The third-order valence-electron chi connectivity index (χ3n) is 4.39. The van der Waals surface area contributed by atoms with Gasteiger partial charge >= 0.3 is 0 Å². The normalized spacial score (nSPS) is 27.4. The van der Waals surface area contributed by atoms with E-state index in [-0.39, 0.29) is 6.10 Å². The summed E-state index contributed by atoms with van der Waals surface area (Å²) in [5.74, 6) is 1.02. The Morgan fingerprint density at radius 1 is 1.00 bits per heavy atom. The third-order valence-corrected chi connectivity index (χ3v) is 4.39. The van der Waals surface area contributed by atoms with Crippen LogP contribution in [0.3, 0.4) is 0 Å². The van der Waals surface area contributed by atoms with Gasteiger partial charge in [-0.3, -0.25) is 4.84 Å². The zero-order valence-corrected chi connectivity index (χ0v) is 11.1. The molecule has 3 nitrogen and oxygen atoms in total. The van der Waals surface area contributed by atoms with Crippen LogP contribution in [0, 0.1) is 17.0 Å². The maximum atomic E-state index is 12.2. The molecule has 2 aliphatic carbocycles. The minimum Gasteiger partial charge on any atom is -0.733 e. The molecule has 3 unspecified atom stereocenters. The first-order valence-corrected chi connectivity index (χ1v) is 7.11. The minimum absolute atomic E-state index is 0.0361. The zero-order valence-electron chi connectivity index (χ0n) is 11.1. The molecule has 0 amide bonds. The number of benzene rings is 2. The number of allylic oxidation sites excluding steroid dienone is 1. The largest absolute Gasteiger partial charge is 0.733 e. The number of hydrogen-bond acceptors (Lipinski definition) is 3. The van der Waals surface area contributed by atoms with Crippen molar-refractivity contribution < 1.29 is 4.84 Å². The van der Waals surface area contributed by atoms with Gasteiger partial charge in [0.25, 0.3) is 0 Å². The van der Waals surface area contributed by atoms with E-state index in [4.69, 9.17) is 4.84 Å². The van der Waals surface area contributed by atoms with Crippen LogP contribution in [-0.4, -0.2) is 6.10 Å². The summed E-state index contributed by atoms with van der Waals surface area (Å²) in [6.07, 6.45) is 6.57. The van der Waals surface area contributed by atoms with E-state index in [1.807, 2.05) is 42.5 Å². The first kappa shape index (κ1) is 11.9. The van der Waals surface area contributed by atoms with Gasteiger partial charge in [-0.2, -0.15) is 0 Å². The topological polar surface area (TPSA) is 35.5 Å². The van der Waals surface area contributed by atoms with E-state index in [0.717, 1.165) is 23.6 Å². The summed E-state index contributed by atoms with van der Waals surface area (Å²) >= 11 is 0. The fourth-order valence-electron chi connectivity index (χ4n) is 3.33. The molecule has 2 aromatic carbocycles. The monoisotopic (exact) mass is 266 g/mol. The molecule has 1 saturated carbocycles. The standard InChI is InChI=1S/C17H16NO2/c19-18(20-17-10-12-5-6-15(17)9-12)16-8-7-13-3-1-2-4-14(13)11-16/h1-8,11-12,15,17H,9-10H2/q-1. The lowest BCUT2D eigenvalue weighted by Crippen LogP contribution is -2.27. The molecule has 0 heterocycles. The van der Waals surface area contributed by atoms with Crippen molar-refractivity contribution in [3.8, 4) is 0 Å². The van der Waals surface area contributed by atoms with Crippen molar-refractivity contribution in [2.45, 2.75) is 18.9 Å². The van der Waals surface area contributed by atoms with Gasteiger partial charge in [-0.25, -0.2) is 0 Å². The molecule has 0 spiro atoms. The second kappa shape index (κ2) is 4.62. The molecule has 3 heteroatoms. The Labute approximate surface area is 118 Å². The van der Waals surface area contributed by atoms with Gasteiger partial charge in [0.1, 0.15) is 0 Å². The molecule has 3 atom stereocenters. The Hall–Kier alpha value is -1.84. The van der Waals surface area contributed by atoms with Gasteiger partial charge in [0, 0.05) is 5.92 Å². The molecular formula is C17H16NO2-. The highest BCUT2D eigenvalue weighted by molar-refractivity contribution is 5.85. The molecular weight excluding hydrogens is 250 g/mol. The highest BCUT2D eigenvalue weighted by Crippen LogP contribution is 2.41. The van der Waals surface area contributed by atoms with Crippen LogP contribution in [0.25, 0.3) is 10.8 Å². The van der Waals surface area contributed by atoms with Gasteiger partial charge < -0.3 is 10.4 Å². The van der Waals surface area contributed by atoms with Crippen molar-refractivity contribution in [3.05, 3.63) is 59.8 Å². The summed E-state index contributed by atoms with van der Waals surface area (Å²) in [5, 5.41) is 15.1.